The van der Waals surface area contributed by atoms with Crippen LogP contribution < -0.4 is 9.64 Å². The maximum Gasteiger partial charge on any atom is 0.151 e. The molecule has 436 valence electrons. The summed E-state index contributed by atoms with van der Waals surface area (Å²) < 4.78 is 6.23. The number of hydrogen-bond donors (Lipinski definition) is 0. The van der Waals surface area contributed by atoms with Gasteiger partial charge in [-0.3, -0.25) is 0 Å². The summed E-state index contributed by atoms with van der Waals surface area (Å²) in [6.07, 6.45) is 33.4. The fourth-order valence-corrected chi connectivity index (χ4v) is 14.0. The van der Waals surface area contributed by atoms with Crippen molar-refractivity contribution in [3.05, 3.63) is 195 Å². The summed E-state index contributed by atoms with van der Waals surface area (Å²) >= 11 is 0. The van der Waals surface area contributed by atoms with Crippen molar-refractivity contribution in [1.29, 1.82) is 0 Å². The molecule has 2 aliphatic carbocycles. The molecule has 0 unspecified atom stereocenters. The summed E-state index contributed by atoms with van der Waals surface area (Å²) in [5.74, 6) is 1.83. The van der Waals surface area contributed by atoms with Gasteiger partial charge in [-0.05, 0) is 178 Å². The summed E-state index contributed by atoms with van der Waals surface area (Å²) in [5, 5.41) is 0. The van der Waals surface area contributed by atoms with Gasteiger partial charge in [-0.1, -0.05) is 276 Å². The van der Waals surface area contributed by atoms with Crippen LogP contribution in [0.2, 0.25) is 0 Å². The number of nitrogens with zero attached hydrogens (tertiary/aromatic N) is 1. The minimum absolute atomic E-state index is 0.234. The Kier molecular flexibility index (Phi) is 22.8. The highest BCUT2D eigenvalue weighted by molar-refractivity contribution is 5.87. The average molecular weight is 1100 g/mol. The summed E-state index contributed by atoms with van der Waals surface area (Å²) in [6, 6.07) is 50.6. The number of benzene rings is 7. The van der Waals surface area contributed by atoms with Gasteiger partial charge in [0.25, 0.3) is 0 Å². The standard InChI is InChI=1S/C31H46.C25H34.C24H25NO/c1-5-7-9-11-13-15-21-31(22-16-14-12-10-8-6-2)29-23-25(3)17-19-27(29)28-20-18-26(4)24-30(28)31;1-5-7-9-15-25(16-10-8-6-2)23-17-19(3)11-13-21(23)22-14-12-20(4)18-24(22)25;1-4-5-6-19-9-11-20(12-10-19)25-21-13-7-17(2)15-23(21)26-24-16-18(3)8-14-22(24)25/h17-20,23-24H,5-16,21-22H2,1-4H3;11-14,17-18H,5-10,15-16H2,1-4H3;7-16H,4-6H2,1-3H3. The molecular formula is C80H105NO. The number of unbranched alkanes of at least 4 members (excludes halogenated alkanes) is 15. The predicted octanol–water partition coefficient (Wildman–Crippen LogP) is 25.0. The van der Waals surface area contributed by atoms with Gasteiger partial charge >= 0.3 is 0 Å². The molecule has 0 radical (unpaired) electrons. The van der Waals surface area contributed by atoms with Crippen molar-refractivity contribution >= 4 is 17.1 Å². The van der Waals surface area contributed by atoms with Crippen molar-refractivity contribution in [3.63, 3.8) is 0 Å². The normalized spacial score (nSPS) is 13.6. The first kappa shape index (κ1) is 62.2. The second-order valence-corrected chi connectivity index (χ2v) is 25.5. The van der Waals surface area contributed by atoms with Gasteiger partial charge in [0.1, 0.15) is 0 Å². The Morgan fingerprint density at radius 3 is 0.951 bits per heavy atom. The maximum absolute atomic E-state index is 6.23. The quantitative estimate of drug-likeness (QED) is 0.0501. The Morgan fingerprint density at radius 2 is 0.598 bits per heavy atom. The Balaban J connectivity index is 0.000000162. The number of hydrogen-bond acceptors (Lipinski definition) is 2. The molecule has 0 saturated carbocycles. The zero-order valence-electron chi connectivity index (χ0n) is 53.2. The van der Waals surface area contributed by atoms with Crippen LogP contribution in [0.1, 0.15) is 250 Å². The van der Waals surface area contributed by atoms with E-state index in [2.05, 4.69) is 215 Å². The number of rotatable bonds is 26. The summed E-state index contributed by atoms with van der Waals surface area (Å²) in [5.41, 5.74) is 25.8. The third-order valence-electron chi connectivity index (χ3n) is 18.6. The van der Waals surface area contributed by atoms with Crippen molar-refractivity contribution in [2.45, 2.75) is 248 Å². The lowest BCUT2D eigenvalue weighted by molar-refractivity contribution is 0.397. The molecular weight excluding hydrogens is 991 g/mol. The van der Waals surface area contributed by atoms with Crippen LogP contribution in [-0.2, 0) is 17.3 Å². The van der Waals surface area contributed by atoms with Gasteiger partial charge in [-0.25, -0.2) is 0 Å². The van der Waals surface area contributed by atoms with Crippen molar-refractivity contribution in [1.82, 2.24) is 0 Å². The Hall–Kier alpha value is -5.86. The molecule has 0 amide bonds. The fraction of sp³-hybridized carbons (Fsp3) is 0.475. The average Bonchev–Trinajstić information content (AvgIpc) is 4.13. The van der Waals surface area contributed by atoms with E-state index in [1.165, 1.54) is 221 Å². The number of anilines is 3. The molecule has 2 heteroatoms. The molecule has 0 fully saturated rings. The molecule has 0 bridgehead atoms. The van der Waals surface area contributed by atoms with Crippen molar-refractivity contribution in [2.24, 2.45) is 0 Å². The highest BCUT2D eigenvalue weighted by Gasteiger charge is 2.43. The smallest absolute Gasteiger partial charge is 0.151 e. The van der Waals surface area contributed by atoms with Crippen LogP contribution in [0.4, 0.5) is 17.1 Å². The number of fused-ring (bicyclic) bond motifs is 8. The Bertz CT molecular complexity index is 2950. The van der Waals surface area contributed by atoms with E-state index >= 15 is 0 Å². The molecule has 0 spiro atoms. The van der Waals surface area contributed by atoms with Crippen LogP contribution in [-0.4, -0.2) is 0 Å². The monoisotopic (exact) mass is 1100 g/mol. The fourth-order valence-electron chi connectivity index (χ4n) is 14.0. The minimum Gasteiger partial charge on any atom is -0.453 e. The van der Waals surface area contributed by atoms with Crippen LogP contribution in [0, 0.1) is 41.5 Å². The zero-order chi connectivity index (χ0) is 58.1. The zero-order valence-corrected chi connectivity index (χ0v) is 53.2. The minimum atomic E-state index is 0.234. The lowest BCUT2D eigenvalue weighted by Gasteiger charge is -2.33. The molecule has 1 aliphatic heterocycles. The van der Waals surface area contributed by atoms with Crippen molar-refractivity contribution in [3.8, 4) is 33.8 Å². The lowest BCUT2D eigenvalue weighted by Crippen LogP contribution is -2.25. The van der Waals surface area contributed by atoms with E-state index in [1.807, 2.05) is 0 Å². The molecule has 1 heterocycles. The van der Waals surface area contributed by atoms with Gasteiger partial charge in [0.15, 0.2) is 11.5 Å². The van der Waals surface area contributed by atoms with Crippen LogP contribution in [0.25, 0.3) is 22.3 Å². The van der Waals surface area contributed by atoms with Crippen LogP contribution in [0.15, 0.2) is 133 Å². The molecule has 0 saturated heterocycles. The number of ether oxygens (including phenoxy) is 1. The summed E-state index contributed by atoms with van der Waals surface area (Å²) in [4.78, 5) is 2.30. The van der Waals surface area contributed by atoms with E-state index in [4.69, 9.17) is 4.74 Å². The van der Waals surface area contributed by atoms with Crippen molar-refractivity contribution < 1.29 is 4.74 Å². The lowest BCUT2D eigenvalue weighted by atomic mass is 9.70. The van der Waals surface area contributed by atoms with Gasteiger partial charge in [0.2, 0.25) is 0 Å². The third kappa shape index (κ3) is 14.7. The van der Waals surface area contributed by atoms with E-state index in [1.54, 1.807) is 22.3 Å². The maximum atomic E-state index is 6.23. The first-order valence-electron chi connectivity index (χ1n) is 33.1. The summed E-state index contributed by atoms with van der Waals surface area (Å²) in [7, 11) is 0. The molecule has 0 atom stereocenters. The van der Waals surface area contributed by atoms with Gasteiger partial charge in [0.05, 0.1) is 11.4 Å². The van der Waals surface area contributed by atoms with Crippen LogP contribution in [0.3, 0.4) is 0 Å². The second-order valence-electron chi connectivity index (χ2n) is 25.5. The van der Waals surface area contributed by atoms with Crippen LogP contribution in [0.5, 0.6) is 11.5 Å². The van der Waals surface area contributed by atoms with E-state index < -0.39 is 0 Å². The molecule has 2 nitrogen and oxygen atoms in total. The van der Waals surface area contributed by atoms with Gasteiger partial charge in [-0.2, -0.15) is 0 Å². The molecule has 3 aliphatic rings. The molecule has 0 aromatic heterocycles. The Morgan fingerprint density at radius 1 is 0.305 bits per heavy atom. The number of aryl methyl sites for hydroxylation is 7. The van der Waals surface area contributed by atoms with E-state index in [9.17, 15) is 0 Å². The largest absolute Gasteiger partial charge is 0.453 e. The second kappa shape index (κ2) is 30.1. The molecule has 10 rings (SSSR count). The first-order valence-corrected chi connectivity index (χ1v) is 33.1. The van der Waals surface area contributed by atoms with Gasteiger partial charge in [0, 0.05) is 16.5 Å². The molecule has 7 aromatic rings. The predicted molar refractivity (Wildman–Crippen MR) is 358 cm³/mol. The van der Waals surface area contributed by atoms with Crippen LogP contribution >= 0.6 is 0 Å². The molecule has 7 aromatic carbocycles. The Labute approximate surface area is 500 Å². The topological polar surface area (TPSA) is 12.5 Å². The van der Waals surface area contributed by atoms with Crippen molar-refractivity contribution in [2.75, 3.05) is 4.90 Å². The van der Waals surface area contributed by atoms with E-state index in [0.29, 0.717) is 0 Å². The van der Waals surface area contributed by atoms with Gasteiger partial charge in [-0.15, -0.1) is 0 Å². The van der Waals surface area contributed by atoms with E-state index in [0.717, 1.165) is 29.3 Å². The highest BCUT2D eigenvalue weighted by atomic mass is 16.5. The third-order valence-corrected chi connectivity index (χ3v) is 18.6. The molecule has 82 heavy (non-hydrogen) atoms. The van der Waals surface area contributed by atoms with E-state index in [-0.39, 0.29) is 10.8 Å². The highest BCUT2D eigenvalue weighted by Crippen LogP contribution is 2.57. The first-order chi connectivity index (χ1) is 39.9. The van der Waals surface area contributed by atoms with Gasteiger partial charge < -0.3 is 9.64 Å². The molecule has 0 N–H and O–H groups in total. The summed E-state index contributed by atoms with van der Waals surface area (Å²) in [6.45, 7) is 24.7. The SMILES string of the molecule is CCCCCC1(CCCCC)c2cc(C)ccc2-c2ccc(C)cc21.CCCCCCCCC1(CCCCCCCC)c2cc(C)ccc2-c2ccc(C)cc21.CCCCc1ccc(N2c3ccc(C)cc3Oc3cc(C)ccc32)cc1.